The number of allylic oxidation sites excluding steroid dienone is 1. The number of pyridine rings is 1. The fourth-order valence-corrected chi connectivity index (χ4v) is 1.70. The highest BCUT2D eigenvalue weighted by molar-refractivity contribution is 5.89. The number of carbonyl (C=O) groups excluding carboxylic acids is 1. The summed E-state index contributed by atoms with van der Waals surface area (Å²) in [6.45, 7) is 0. The highest BCUT2D eigenvalue weighted by atomic mass is 16.5. The van der Waals surface area contributed by atoms with Gasteiger partial charge in [-0.3, -0.25) is 4.98 Å². The van der Waals surface area contributed by atoms with E-state index < -0.39 is 0 Å². The third-order valence-electron chi connectivity index (χ3n) is 2.72. The van der Waals surface area contributed by atoms with Crippen LogP contribution >= 0.6 is 0 Å². The lowest BCUT2D eigenvalue weighted by Crippen LogP contribution is -2.00. The number of benzene rings is 1. The van der Waals surface area contributed by atoms with Crippen molar-refractivity contribution in [2.24, 2.45) is 0 Å². The van der Waals surface area contributed by atoms with E-state index in [-0.39, 0.29) is 5.97 Å². The molecule has 19 heavy (non-hydrogen) atoms. The predicted octanol–water partition coefficient (Wildman–Crippen LogP) is 3.12. The van der Waals surface area contributed by atoms with Crippen molar-refractivity contribution in [3.8, 4) is 0 Å². The van der Waals surface area contributed by atoms with Crippen LogP contribution in [0.1, 0.15) is 21.5 Å². The molecule has 0 aliphatic rings. The zero-order chi connectivity index (χ0) is 13.5. The average Bonchev–Trinajstić information content (AvgIpc) is 2.48. The van der Waals surface area contributed by atoms with E-state index in [4.69, 9.17) is 0 Å². The van der Waals surface area contributed by atoms with Crippen molar-refractivity contribution in [1.82, 2.24) is 4.98 Å². The van der Waals surface area contributed by atoms with Crippen molar-refractivity contribution >= 4 is 12.0 Å². The number of carbonyl (C=O) groups is 1. The van der Waals surface area contributed by atoms with Gasteiger partial charge in [-0.25, -0.2) is 4.79 Å². The van der Waals surface area contributed by atoms with Crippen molar-refractivity contribution < 1.29 is 9.53 Å². The van der Waals surface area contributed by atoms with Crippen LogP contribution in [-0.2, 0) is 11.2 Å². The second-order valence-electron chi connectivity index (χ2n) is 4.08. The normalized spacial score (nSPS) is 10.6. The Morgan fingerprint density at radius 3 is 2.68 bits per heavy atom. The summed E-state index contributed by atoms with van der Waals surface area (Å²) >= 11 is 0. The van der Waals surface area contributed by atoms with E-state index in [0.29, 0.717) is 5.56 Å². The van der Waals surface area contributed by atoms with E-state index in [1.165, 1.54) is 12.7 Å². The second kappa shape index (κ2) is 6.50. The first-order valence-corrected chi connectivity index (χ1v) is 6.03. The Kier molecular flexibility index (Phi) is 4.45. The molecule has 0 atom stereocenters. The molecular weight excluding hydrogens is 238 g/mol. The van der Waals surface area contributed by atoms with Gasteiger partial charge in [0, 0.05) is 12.4 Å². The summed E-state index contributed by atoms with van der Waals surface area (Å²) in [5, 5.41) is 0. The molecule has 0 aliphatic heterocycles. The Bertz CT molecular complexity index is 559. The smallest absolute Gasteiger partial charge is 0.337 e. The molecule has 2 rings (SSSR count). The predicted molar refractivity (Wildman–Crippen MR) is 74.8 cm³/mol. The maximum absolute atomic E-state index is 11.3. The fraction of sp³-hybridized carbons (Fsp3) is 0.125. The number of ether oxygens (including phenoxy) is 1. The first-order valence-electron chi connectivity index (χ1n) is 6.03. The standard InChI is InChI=1S/C16H15NO2/c1-19-16(18)15-9-7-13(8-10-15)4-2-5-14-6-3-11-17-12-14/h2-4,6-12H,5H2,1H3/b4-2+. The number of methoxy groups -OCH3 is 1. The van der Waals surface area contributed by atoms with Crippen LogP contribution in [0, 0.1) is 0 Å². The van der Waals surface area contributed by atoms with Gasteiger partial charge in [0.05, 0.1) is 12.7 Å². The molecule has 2 aromatic rings. The lowest BCUT2D eigenvalue weighted by atomic mass is 10.1. The van der Waals surface area contributed by atoms with Gasteiger partial charge in [0.1, 0.15) is 0 Å². The van der Waals surface area contributed by atoms with Gasteiger partial charge >= 0.3 is 5.97 Å². The van der Waals surface area contributed by atoms with E-state index in [9.17, 15) is 4.79 Å². The number of hydrogen-bond donors (Lipinski definition) is 0. The molecule has 3 nitrogen and oxygen atoms in total. The number of rotatable bonds is 4. The van der Waals surface area contributed by atoms with Crippen molar-refractivity contribution in [2.45, 2.75) is 6.42 Å². The quantitative estimate of drug-likeness (QED) is 0.786. The number of esters is 1. The summed E-state index contributed by atoms with van der Waals surface area (Å²) in [6, 6.07) is 11.3. The molecule has 1 aromatic heterocycles. The maximum Gasteiger partial charge on any atom is 0.337 e. The molecular formula is C16H15NO2. The van der Waals surface area contributed by atoms with E-state index in [1.807, 2.05) is 36.5 Å². The van der Waals surface area contributed by atoms with Crippen molar-refractivity contribution in [3.63, 3.8) is 0 Å². The Labute approximate surface area is 112 Å². The fourth-order valence-electron chi connectivity index (χ4n) is 1.70. The van der Waals surface area contributed by atoms with Gasteiger partial charge in [0.15, 0.2) is 0 Å². The molecule has 0 aliphatic carbocycles. The van der Waals surface area contributed by atoms with Crippen LogP contribution in [0.2, 0.25) is 0 Å². The molecule has 0 N–H and O–H groups in total. The lowest BCUT2D eigenvalue weighted by Gasteiger charge is -1.99. The largest absolute Gasteiger partial charge is 0.465 e. The summed E-state index contributed by atoms with van der Waals surface area (Å²) in [6.07, 6.45) is 8.55. The third kappa shape index (κ3) is 3.78. The zero-order valence-corrected chi connectivity index (χ0v) is 10.7. The zero-order valence-electron chi connectivity index (χ0n) is 10.7. The van der Waals surface area contributed by atoms with E-state index in [1.54, 1.807) is 18.3 Å². The first kappa shape index (κ1) is 13.0. The van der Waals surface area contributed by atoms with Crippen LogP contribution in [0.4, 0.5) is 0 Å². The van der Waals surface area contributed by atoms with Crippen molar-refractivity contribution in [3.05, 3.63) is 71.6 Å². The van der Waals surface area contributed by atoms with Crippen molar-refractivity contribution in [2.75, 3.05) is 7.11 Å². The van der Waals surface area contributed by atoms with Gasteiger partial charge in [-0.2, -0.15) is 0 Å². The monoisotopic (exact) mass is 253 g/mol. The molecule has 0 amide bonds. The second-order valence-corrected chi connectivity index (χ2v) is 4.08. The molecule has 0 saturated carbocycles. The minimum Gasteiger partial charge on any atom is -0.465 e. The van der Waals surface area contributed by atoms with E-state index in [2.05, 4.69) is 15.8 Å². The molecule has 96 valence electrons. The molecule has 0 radical (unpaired) electrons. The summed E-state index contributed by atoms with van der Waals surface area (Å²) < 4.78 is 4.65. The Hall–Kier alpha value is -2.42. The van der Waals surface area contributed by atoms with Gasteiger partial charge in [0.2, 0.25) is 0 Å². The van der Waals surface area contributed by atoms with Gasteiger partial charge in [-0.1, -0.05) is 30.4 Å². The van der Waals surface area contributed by atoms with Crippen LogP contribution in [0.5, 0.6) is 0 Å². The van der Waals surface area contributed by atoms with Gasteiger partial charge in [0.25, 0.3) is 0 Å². The van der Waals surface area contributed by atoms with Gasteiger partial charge in [-0.05, 0) is 35.7 Å². The minimum absolute atomic E-state index is 0.314. The SMILES string of the molecule is COC(=O)c1ccc(/C=C/Cc2cccnc2)cc1. The lowest BCUT2D eigenvalue weighted by molar-refractivity contribution is 0.0601. The molecule has 3 heteroatoms. The summed E-state index contributed by atoms with van der Waals surface area (Å²) in [5.41, 5.74) is 2.79. The highest BCUT2D eigenvalue weighted by Crippen LogP contribution is 2.08. The summed E-state index contributed by atoms with van der Waals surface area (Å²) in [5.74, 6) is -0.314. The molecule has 1 heterocycles. The molecule has 0 saturated heterocycles. The van der Waals surface area contributed by atoms with E-state index in [0.717, 1.165) is 12.0 Å². The number of aromatic nitrogens is 1. The van der Waals surface area contributed by atoms with Gasteiger partial charge < -0.3 is 4.74 Å². The summed E-state index contributed by atoms with van der Waals surface area (Å²) in [7, 11) is 1.38. The van der Waals surface area contributed by atoms with Crippen LogP contribution in [-0.4, -0.2) is 18.1 Å². The molecule has 0 spiro atoms. The first-order chi connectivity index (χ1) is 9.29. The van der Waals surface area contributed by atoms with Crippen LogP contribution < -0.4 is 0 Å². The Balaban J connectivity index is 1.98. The summed E-state index contributed by atoms with van der Waals surface area (Å²) in [4.78, 5) is 15.3. The molecule has 0 bridgehead atoms. The molecule has 1 aromatic carbocycles. The van der Waals surface area contributed by atoms with E-state index >= 15 is 0 Å². The molecule has 0 unspecified atom stereocenters. The van der Waals surface area contributed by atoms with Crippen LogP contribution in [0.15, 0.2) is 54.9 Å². The molecule has 0 fully saturated rings. The average molecular weight is 253 g/mol. The topological polar surface area (TPSA) is 39.2 Å². The number of nitrogens with zero attached hydrogens (tertiary/aromatic N) is 1. The van der Waals surface area contributed by atoms with Crippen LogP contribution in [0.3, 0.4) is 0 Å². The van der Waals surface area contributed by atoms with Crippen LogP contribution in [0.25, 0.3) is 6.08 Å². The minimum atomic E-state index is -0.314. The Morgan fingerprint density at radius 1 is 1.26 bits per heavy atom. The highest BCUT2D eigenvalue weighted by Gasteiger charge is 2.02. The van der Waals surface area contributed by atoms with Crippen molar-refractivity contribution in [1.29, 1.82) is 0 Å². The maximum atomic E-state index is 11.3. The number of hydrogen-bond acceptors (Lipinski definition) is 3. The Morgan fingerprint density at radius 2 is 2.05 bits per heavy atom. The van der Waals surface area contributed by atoms with Gasteiger partial charge in [-0.15, -0.1) is 0 Å². The third-order valence-corrected chi connectivity index (χ3v) is 2.72.